The molecule has 0 radical (unpaired) electrons. The average molecular weight is 399 g/mol. The minimum Gasteiger partial charge on any atom is -0.278 e. The third-order valence-corrected chi connectivity index (χ3v) is 5.09. The number of anilines is 1. The summed E-state index contributed by atoms with van der Waals surface area (Å²) >= 11 is 1.10. The molecule has 0 bridgehead atoms. The highest BCUT2D eigenvalue weighted by atomic mass is 32.1. The molecule has 2 aromatic heterocycles. The van der Waals surface area contributed by atoms with Crippen LogP contribution < -0.4 is 4.90 Å². The summed E-state index contributed by atoms with van der Waals surface area (Å²) in [6, 6.07) is 12.4. The van der Waals surface area contributed by atoms with Gasteiger partial charge < -0.3 is 0 Å². The molecule has 1 amide bonds. The highest BCUT2D eigenvalue weighted by molar-refractivity contribution is 7.22. The highest BCUT2D eigenvalue weighted by Crippen LogP contribution is 2.32. The number of nitrogens with zero attached hydrogens (tertiary/aromatic N) is 3. The minimum absolute atomic E-state index is 0.00205. The number of benzene rings is 2. The van der Waals surface area contributed by atoms with Crippen LogP contribution in [0, 0.1) is 17.5 Å². The molecule has 0 aliphatic carbocycles. The van der Waals surface area contributed by atoms with E-state index in [1.54, 1.807) is 36.5 Å². The summed E-state index contributed by atoms with van der Waals surface area (Å²) < 4.78 is 42.0. The number of amides is 1. The molecule has 0 aliphatic rings. The van der Waals surface area contributed by atoms with Crippen LogP contribution >= 0.6 is 11.3 Å². The molecule has 28 heavy (non-hydrogen) atoms. The van der Waals surface area contributed by atoms with Crippen molar-refractivity contribution in [2.24, 2.45) is 0 Å². The molecule has 0 unspecified atom stereocenters. The number of aromatic nitrogens is 2. The van der Waals surface area contributed by atoms with Gasteiger partial charge in [0.2, 0.25) is 0 Å². The number of rotatable bonds is 4. The molecule has 0 N–H and O–H groups in total. The number of thiazole rings is 1. The van der Waals surface area contributed by atoms with Crippen molar-refractivity contribution in [3.63, 3.8) is 0 Å². The Bertz CT molecular complexity index is 1160. The molecule has 0 atom stereocenters. The Morgan fingerprint density at radius 1 is 1.00 bits per heavy atom. The van der Waals surface area contributed by atoms with Crippen LogP contribution in [0.15, 0.2) is 60.8 Å². The summed E-state index contributed by atoms with van der Waals surface area (Å²) in [5.74, 6) is -3.00. The smallest absolute Gasteiger partial charge is 0.263 e. The Balaban J connectivity index is 1.80. The SMILES string of the molecule is O=C(c1ccc(F)cc1F)N(Cc1ccccn1)c1nc2c(F)cccc2s1. The van der Waals surface area contributed by atoms with Crippen molar-refractivity contribution in [1.82, 2.24) is 9.97 Å². The van der Waals surface area contributed by atoms with Gasteiger partial charge in [-0.1, -0.05) is 23.5 Å². The number of fused-ring (bicyclic) bond motifs is 1. The molecule has 4 aromatic rings. The summed E-state index contributed by atoms with van der Waals surface area (Å²) in [4.78, 5) is 22.7. The van der Waals surface area contributed by atoms with Crippen molar-refractivity contribution < 1.29 is 18.0 Å². The van der Waals surface area contributed by atoms with Crippen LogP contribution in [-0.4, -0.2) is 15.9 Å². The van der Waals surface area contributed by atoms with Crippen molar-refractivity contribution in [1.29, 1.82) is 0 Å². The van der Waals surface area contributed by atoms with Gasteiger partial charge in [-0.2, -0.15) is 0 Å². The topological polar surface area (TPSA) is 46.1 Å². The van der Waals surface area contributed by atoms with Crippen molar-refractivity contribution in [3.05, 3.63) is 89.5 Å². The van der Waals surface area contributed by atoms with Crippen molar-refractivity contribution in [2.45, 2.75) is 6.54 Å². The molecule has 4 rings (SSSR count). The Morgan fingerprint density at radius 2 is 1.86 bits per heavy atom. The third kappa shape index (κ3) is 3.46. The molecule has 8 heteroatoms. The predicted octanol–water partition coefficient (Wildman–Crippen LogP) is 4.96. The van der Waals surface area contributed by atoms with Crippen LogP contribution in [0.1, 0.15) is 16.1 Å². The quantitative estimate of drug-likeness (QED) is 0.488. The molecule has 0 saturated heterocycles. The van der Waals surface area contributed by atoms with Crippen molar-refractivity contribution >= 4 is 32.6 Å². The van der Waals surface area contributed by atoms with Crippen LogP contribution in [0.4, 0.5) is 18.3 Å². The highest BCUT2D eigenvalue weighted by Gasteiger charge is 2.25. The first-order valence-electron chi connectivity index (χ1n) is 8.25. The maximum absolute atomic E-state index is 14.2. The van der Waals surface area contributed by atoms with Crippen LogP contribution in [0.3, 0.4) is 0 Å². The number of hydrogen-bond acceptors (Lipinski definition) is 4. The monoisotopic (exact) mass is 399 g/mol. The van der Waals surface area contributed by atoms with Gasteiger partial charge in [0.25, 0.3) is 5.91 Å². The molecular weight excluding hydrogens is 387 g/mol. The van der Waals surface area contributed by atoms with Crippen molar-refractivity contribution in [3.8, 4) is 0 Å². The van der Waals surface area contributed by atoms with E-state index in [4.69, 9.17) is 0 Å². The lowest BCUT2D eigenvalue weighted by atomic mass is 10.1. The van der Waals surface area contributed by atoms with E-state index in [0.717, 1.165) is 23.5 Å². The molecule has 2 heterocycles. The van der Waals surface area contributed by atoms with Gasteiger partial charge in [-0.3, -0.25) is 14.7 Å². The number of carbonyl (C=O) groups excluding carboxylic acids is 1. The fraction of sp³-hybridized carbons (Fsp3) is 0.0500. The fourth-order valence-corrected chi connectivity index (χ4v) is 3.68. The van der Waals surface area contributed by atoms with E-state index in [2.05, 4.69) is 9.97 Å². The standard InChI is InChI=1S/C20H12F3N3OS/c21-12-7-8-14(16(23)10-12)19(27)26(11-13-4-1-2-9-24-13)20-25-18-15(22)5-3-6-17(18)28-20/h1-10H,11H2. The fourth-order valence-electron chi connectivity index (χ4n) is 2.71. The van der Waals surface area contributed by atoms with Gasteiger partial charge in [0.05, 0.1) is 22.5 Å². The van der Waals surface area contributed by atoms with E-state index in [1.165, 1.54) is 11.0 Å². The van der Waals surface area contributed by atoms with E-state index < -0.39 is 23.4 Å². The molecule has 4 nitrogen and oxygen atoms in total. The zero-order chi connectivity index (χ0) is 19.7. The normalized spacial score (nSPS) is 11.0. The van der Waals surface area contributed by atoms with Gasteiger partial charge in [0.1, 0.15) is 23.0 Å². The summed E-state index contributed by atoms with van der Waals surface area (Å²) in [6.45, 7) is -0.00205. The minimum atomic E-state index is -0.983. The first-order chi connectivity index (χ1) is 13.5. The lowest BCUT2D eigenvalue weighted by Crippen LogP contribution is -2.31. The second kappa shape index (κ2) is 7.40. The van der Waals surface area contributed by atoms with E-state index in [1.807, 2.05) is 0 Å². The molecule has 0 saturated carbocycles. The Hall–Kier alpha value is -3.26. The largest absolute Gasteiger partial charge is 0.278 e. The second-order valence-corrected chi connectivity index (χ2v) is 6.93. The summed E-state index contributed by atoms with van der Waals surface area (Å²) in [5.41, 5.74) is 0.357. The number of carbonyl (C=O) groups is 1. The molecule has 0 fully saturated rings. The van der Waals surface area contributed by atoms with Gasteiger partial charge in [-0.15, -0.1) is 0 Å². The third-order valence-electron chi connectivity index (χ3n) is 4.04. The van der Waals surface area contributed by atoms with Gasteiger partial charge in [0.15, 0.2) is 5.13 Å². The molecule has 2 aromatic carbocycles. The Kier molecular flexibility index (Phi) is 4.79. The molecule has 140 valence electrons. The molecule has 0 spiro atoms. The van der Waals surface area contributed by atoms with Crippen LogP contribution in [0.5, 0.6) is 0 Å². The maximum atomic E-state index is 14.2. The molecular formula is C20H12F3N3OS. The average Bonchev–Trinajstić information content (AvgIpc) is 3.12. The van der Waals surface area contributed by atoms with Gasteiger partial charge in [-0.05, 0) is 36.4 Å². The Morgan fingerprint density at radius 3 is 2.57 bits per heavy atom. The second-order valence-electron chi connectivity index (χ2n) is 5.92. The summed E-state index contributed by atoms with van der Waals surface area (Å²) in [5, 5.41) is 0.194. The number of para-hydroxylation sites is 1. The number of hydrogen-bond donors (Lipinski definition) is 0. The van der Waals surface area contributed by atoms with E-state index in [-0.39, 0.29) is 22.8 Å². The van der Waals surface area contributed by atoms with Crippen molar-refractivity contribution in [2.75, 3.05) is 4.90 Å². The number of pyridine rings is 1. The lowest BCUT2D eigenvalue weighted by Gasteiger charge is -2.20. The summed E-state index contributed by atoms with van der Waals surface area (Å²) in [7, 11) is 0. The molecule has 0 aliphatic heterocycles. The van der Waals surface area contributed by atoms with E-state index in [0.29, 0.717) is 16.5 Å². The lowest BCUT2D eigenvalue weighted by molar-refractivity contribution is 0.0981. The zero-order valence-corrected chi connectivity index (χ0v) is 15.1. The Labute approximate surface area is 161 Å². The van der Waals surface area contributed by atoms with Gasteiger partial charge in [0, 0.05) is 12.3 Å². The van der Waals surface area contributed by atoms with Gasteiger partial charge >= 0.3 is 0 Å². The van der Waals surface area contributed by atoms with Gasteiger partial charge in [-0.25, -0.2) is 18.2 Å². The first kappa shape index (κ1) is 18.1. The first-order valence-corrected chi connectivity index (χ1v) is 9.06. The van der Waals surface area contributed by atoms with Crippen LogP contribution in [-0.2, 0) is 6.54 Å². The number of halogens is 3. The van der Waals surface area contributed by atoms with Crippen LogP contribution in [0.2, 0.25) is 0 Å². The predicted molar refractivity (Wildman–Crippen MR) is 101 cm³/mol. The summed E-state index contributed by atoms with van der Waals surface area (Å²) in [6.07, 6.45) is 1.56. The maximum Gasteiger partial charge on any atom is 0.263 e. The van der Waals surface area contributed by atoms with Crippen LogP contribution in [0.25, 0.3) is 10.2 Å². The zero-order valence-electron chi connectivity index (χ0n) is 14.3. The van der Waals surface area contributed by atoms with E-state index >= 15 is 0 Å². The van der Waals surface area contributed by atoms with E-state index in [9.17, 15) is 18.0 Å².